The number of hydrogen-bond donors (Lipinski definition) is 1. The summed E-state index contributed by atoms with van der Waals surface area (Å²) in [7, 11) is 0. The number of Topliss-reactive ketones (excluding diaryl/α,β-unsaturated/α-hetero) is 2. The number of carbonyl (C=O) groups excluding carboxylic acids is 2. The first-order valence-corrected chi connectivity index (χ1v) is 5.16. The predicted octanol–water partition coefficient (Wildman–Crippen LogP) is 1.77. The second kappa shape index (κ2) is 4.58. The van der Waals surface area contributed by atoms with Gasteiger partial charge >= 0.3 is 0 Å². The summed E-state index contributed by atoms with van der Waals surface area (Å²) < 4.78 is 0. The highest BCUT2D eigenvalue weighted by Gasteiger charge is 2.24. The molecule has 0 unspecified atom stereocenters. The van der Waals surface area contributed by atoms with Crippen LogP contribution in [0.25, 0.3) is 0 Å². The number of hydrogen-bond acceptors (Lipinski definition) is 3. The first-order chi connectivity index (χ1) is 7.30. The summed E-state index contributed by atoms with van der Waals surface area (Å²) in [5.41, 5.74) is -0.0261. The van der Waals surface area contributed by atoms with Crippen molar-refractivity contribution in [1.29, 1.82) is 0 Å². The third kappa shape index (κ3) is 3.28. The largest absolute Gasteiger partial charge is 0.382 e. The molecule has 1 aromatic rings. The van der Waals surface area contributed by atoms with Gasteiger partial charge in [0.1, 0.15) is 11.4 Å². The molecule has 0 atom stereocenters. The van der Waals surface area contributed by atoms with E-state index < -0.39 is 5.60 Å². The maximum absolute atomic E-state index is 11.7. The van der Waals surface area contributed by atoms with Crippen LogP contribution in [0.4, 0.5) is 0 Å². The van der Waals surface area contributed by atoms with Crippen molar-refractivity contribution < 1.29 is 14.7 Å². The van der Waals surface area contributed by atoms with Gasteiger partial charge in [-0.25, -0.2) is 0 Å². The van der Waals surface area contributed by atoms with E-state index in [1.807, 2.05) is 0 Å². The molecular formula is C13H16O3. The van der Waals surface area contributed by atoms with Crippen LogP contribution in [0.2, 0.25) is 0 Å². The summed E-state index contributed by atoms with van der Waals surface area (Å²) in [4.78, 5) is 22.6. The fourth-order valence-corrected chi connectivity index (χ4v) is 1.41. The van der Waals surface area contributed by atoms with Crippen molar-refractivity contribution in [3.63, 3.8) is 0 Å². The van der Waals surface area contributed by atoms with Gasteiger partial charge in [-0.2, -0.15) is 0 Å². The second-order valence-corrected chi connectivity index (χ2v) is 4.46. The third-order valence-electron chi connectivity index (χ3n) is 2.22. The van der Waals surface area contributed by atoms with Gasteiger partial charge in [0.25, 0.3) is 0 Å². The molecule has 0 bridgehead atoms. The topological polar surface area (TPSA) is 54.4 Å². The Hall–Kier alpha value is -1.48. The van der Waals surface area contributed by atoms with Crippen molar-refractivity contribution >= 4 is 11.6 Å². The molecule has 0 fully saturated rings. The highest BCUT2D eigenvalue weighted by molar-refractivity contribution is 6.01. The van der Waals surface area contributed by atoms with Gasteiger partial charge in [-0.05, 0) is 26.3 Å². The Morgan fingerprint density at radius 3 is 2.06 bits per heavy atom. The smallest absolute Gasteiger partial charge is 0.193 e. The molecule has 0 heterocycles. The van der Waals surface area contributed by atoms with Crippen LogP contribution in [0.5, 0.6) is 0 Å². The first-order valence-electron chi connectivity index (χ1n) is 5.16. The number of aliphatic hydroxyl groups is 1. The molecule has 0 aliphatic carbocycles. The fourth-order valence-electron chi connectivity index (χ4n) is 1.41. The highest BCUT2D eigenvalue weighted by atomic mass is 16.3. The minimum absolute atomic E-state index is 0.0848. The van der Waals surface area contributed by atoms with Crippen molar-refractivity contribution in [2.45, 2.75) is 32.8 Å². The molecule has 16 heavy (non-hydrogen) atoms. The fraction of sp³-hybridized carbons (Fsp3) is 0.385. The molecule has 1 N–H and O–H groups in total. The van der Waals surface area contributed by atoms with Crippen molar-refractivity contribution in [1.82, 2.24) is 0 Å². The van der Waals surface area contributed by atoms with E-state index in [0.717, 1.165) is 5.56 Å². The predicted molar refractivity (Wildman–Crippen MR) is 61.5 cm³/mol. The van der Waals surface area contributed by atoms with Gasteiger partial charge in [0.2, 0.25) is 0 Å². The maximum Gasteiger partial charge on any atom is 0.193 e. The molecule has 0 aliphatic rings. The van der Waals surface area contributed by atoms with E-state index in [0.29, 0.717) is 12.0 Å². The van der Waals surface area contributed by atoms with Crippen molar-refractivity contribution in [3.8, 4) is 0 Å². The number of rotatable bonds is 4. The molecule has 3 heteroatoms. The van der Waals surface area contributed by atoms with E-state index >= 15 is 0 Å². The lowest BCUT2D eigenvalue weighted by Gasteiger charge is -2.15. The molecule has 0 aromatic heterocycles. The van der Waals surface area contributed by atoms with Gasteiger partial charge in [-0.3, -0.25) is 9.59 Å². The van der Waals surface area contributed by atoms with Gasteiger partial charge in [-0.15, -0.1) is 0 Å². The summed E-state index contributed by atoms with van der Waals surface area (Å²) in [5, 5.41) is 9.55. The summed E-state index contributed by atoms with van der Waals surface area (Å²) in [6, 6.07) is 6.75. The minimum Gasteiger partial charge on any atom is -0.382 e. The normalized spacial score (nSPS) is 11.2. The van der Waals surface area contributed by atoms with Crippen molar-refractivity contribution in [2.75, 3.05) is 0 Å². The first kappa shape index (κ1) is 12.6. The number of benzene rings is 1. The van der Waals surface area contributed by atoms with Crippen molar-refractivity contribution in [2.24, 2.45) is 0 Å². The molecule has 0 saturated heterocycles. The Balaban J connectivity index is 2.87. The Bertz CT molecular complexity index is 396. The molecule has 0 saturated carbocycles. The lowest BCUT2D eigenvalue weighted by atomic mass is 9.95. The van der Waals surface area contributed by atoms with Crippen LogP contribution in [0, 0.1) is 0 Å². The van der Waals surface area contributed by atoms with E-state index in [-0.39, 0.29) is 11.6 Å². The van der Waals surface area contributed by atoms with Crippen molar-refractivity contribution in [3.05, 3.63) is 35.4 Å². The van der Waals surface area contributed by atoms with Gasteiger partial charge < -0.3 is 5.11 Å². The molecule has 3 nitrogen and oxygen atoms in total. The summed E-state index contributed by atoms with van der Waals surface area (Å²) >= 11 is 0. The molecule has 0 aliphatic heterocycles. The maximum atomic E-state index is 11.7. The van der Waals surface area contributed by atoms with E-state index in [2.05, 4.69) is 0 Å². The Morgan fingerprint density at radius 2 is 1.69 bits per heavy atom. The molecule has 1 aromatic carbocycles. The molecule has 0 amide bonds. The van der Waals surface area contributed by atoms with Crippen LogP contribution in [0.3, 0.4) is 0 Å². The van der Waals surface area contributed by atoms with Crippen LogP contribution in [-0.2, 0) is 11.2 Å². The highest BCUT2D eigenvalue weighted by Crippen LogP contribution is 2.13. The van der Waals surface area contributed by atoms with E-state index in [1.165, 1.54) is 20.8 Å². The van der Waals surface area contributed by atoms with Gasteiger partial charge in [0, 0.05) is 12.0 Å². The lowest BCUT2D eigenvalue weighted by Crippen LogP contribution is -2.31. The minimum atomic E-state index is -1.36. The molecular weight excluding hydrogens is 204 g/mol. The van der Waals surface area contributed by atoms with E-state index in [9.17, 15) is 14.7 Å². The second-order valence-electron chi connectivity index (χ2n) is 4.46. The number of ketones is 2. The Kier molecular flexibility index (Phi) is 3.60. The summed E-state index contributed by atoms with van der Waals surface area (Å²) in [6.07, 6.45) is 0.372. The van der Waals surface area contributed by atoms with E-state index in [1.54, 1.807) is 24.3 Å². The SMILES string of the molecule is CC(=O)Cc1ccc(C(=O)C(C)(C)O)cc1. The number of carbonyl (C=O) groups is 2. The third-order valence-corrected chi connectivity index (χ3v) is 2.22. The summed E-state index contributed by atoms with van der Waals surface area (Å²) in [6.45, 7) is 4.44. The standard InChI is InChI=1S/C13H16O3/c1-9(14)8-10-4-6-11(7-5-10)12(15)13(2,3)16/h4-7,16H,8H2,1-3H3. The van der Waals surface area contributed by atoms with Gasteiger partial charge in [-0.1, -0.05) is 24.3 Å². The van der Waals surface area contributed by atoms with Crippen LogP contribution < -0.4 is 0 Å². The monoisotopic (exact) mass is 220 g/mol. The van der Waals surface area contributed by atoms with Crippen LogP contribution in [-0.4, -0.2) is 22.3 Å². The Morgan fingerprint density at radius 1 is 1.19 bits per heavy atom. The molecule has 0 radical (unpaired) electrons. The zero-order valence-electron chi connectivity index (χ0n) is 9.78. The Labute approximate surface area is 95.1 Å². The van der Waals surface area contributed by atoms with Gasteiger partial charge in [0.05, 0.1) is 0 Å². The van der Waals surface area contributed by atoms with Gasteiger partial charge in [0.15, 0.2) is 5.78 Å². The molecule has 0 spiro atoms. The quantitative estimate of drug-likeness (QED) is 0.787. The van der Waals surface area contributed by atoms with Crippen LogP contribution in [0.15, 0.2) is 24.3 Å². The zero-order valence-corrected chi connectivity index (χ0v) is 9.78. The zero-order chi connectivity index (χ0) is 12.3. The average Bonchev–Trinajstić information content (AvgIpc) is 2.15. The summed E-state index contributed by atoms with van der Waals surface area (Å²) in [5.74, 6) is -0.233. The average molecular weight is 220 g/mol. The van der Waals surface area contributed by atoms with E-state index in [4.69, 9.17) is 0 Å². The lowest BCUT2D eigenvalue weighted by molar-refractivity contribution is -0.116. The molecule has 86 valence electrons. The molecule has 1 rings (SSSR count). The van der Waals surface area contributed by atoms with Crippen LogP contribution >= 0.6 is 0 Å². The van der Waals surface area contributed by atoms with Crippen LogP contribution in [0.1, 0.15) is 36.7 Å².